The summed E-state index contributed by atoms with van der Waals surface area (Å²) in [5.41, 5.74) is 1.41. The Kier molecular flexibility index (Phi) is 4.05. The number of amides is 1. The van der Waals surface area contributed by atoms with E-state index >= 15 is 0 Å². The average Bonchev–Trinajstić information content (AvgIpc) is 3.16. The van der Waals surface area contributed by atoms with Crippen LogP contribution in [-0.2, 0) is 6.42 Å². The molecular weight excluding hydrogens is 286 g/mol. The third-order valence-electron chi connectivity index (χ3n) is 3.99. The lowest BCUT2D eigenvalue weighted by Crippen LogP contribution is -2.39. The molecule has 1 aliphatic rings. The fourth-order valence-corrected chi connectivity index (χ4v) is 3.66. The number of hydrogen-bond donors (Lipinski definition) is 0. The molecule has 5 nitrogen and oxygen atoms in total. The lowest BCUT2D eigenvalue weighted by atomic mass is 9.97. The number of hydrogen-bond acceptors (Lipinski definition) is 5. The molecule has 1 aliphatic heterocycles. The highest BCUT2D eigenvalue weighted by Gasteiger charge is 2.30. The number of carbonyl (C=O) groups excluding carboxylic acids is 1. The van der Waals surface area contributed by atoms with E-state index in [1.807, 2.05) is 30.3 Å². The summed E-state index contributed by atoms with van der Waals surface area (Å²) in [6.45, 7) is 5.33. The molecule has 0 aromatic carbocycles. The first kappa shape index (κ1) is 14.3. The molecule has 1 atom stereocenters. The highest BCUT2D eigenvalue weighted by molar-refractivity contribution is 7.09. The predicted octanol–water partition coefficient (Wildman–Crippen LogP) is 3.02. The Balaban J connectivity index is 1.80. The van der Waals surface area contributed by atoms with E-state index in [-0.39, 0.29) is 5.91 Å². The van der Waals surface area contributed by atoms with Crippen molar-refractivity contribution >= 4 is 17.2 Å². The van der Waals surface area contributed by atoms with Gasteiger partial charge >= 0.3 is 0 Å². The van der Waals surface area contributed by atoms with Gasteiger partial charge in [-0.25, -0.2) is 4.98 Å². The van der Waals surface area contributed by atoms with Crippen LogP contribution in [0, 0.1) is 6.92 Å². The van der Waals surface area contributed by atoms with Crippen molar-refractivity contribution in [1.29, 1.82) is 0 Å². The van der Waals surface area contributed by atoms with Crippen molar-refractivity contribution in [2.24, 2.45) is 0 Å². The Bertz CT molecular complexity index is 621. The van der Waals surface area contributed by atoms with Crippen molar-refractivity contribution in [3.63, 3.8) is 0 Å². The minimum atomic E-state index is 0.0480. The fraction of sp³-hybridized carbons (Fsp3) is 0.533. The van der Waals surface area contributed by atoms with E-state index in [1.54, 1.807) is 11.3 Å². The van der Waals surface area contributed by atoms with E-state index in [1.165, 1.54) is 0 Å². The molecule has 0 aliphatic carbocycles. The van der Waals surface area contributed by atoms with Crippen LogP contribution in [0.3, 0.4) is 0 Å². The summed E-state index contributed by atoms with van der Waals surface area (Å²) in [6.07, 6.45) is 4.66. The first-order chi connectivity index (χ1) is 10.2. The largest absolute Gasteiger partial charge is 0.361 e. The van der Waals surface area contributed by atoms with Gasteiger partial charge in [0.15, 0.2) is 0 Å². The van der Waals surface area contributed by atoms with E-state index in [9.17, 15) is 4.79 Å². The van der Waals surface area contributed by atoms with Crippen LogP contribution in [0.1, 0.15) is 52.5 Å². The van der Waals surface area contributed by atoms with Crippen LogP contribution in [0.2, 0.25) is 0 Å². The highest BCUT2D eigenvalue weighted by atomic mass is 32.1. The Morgan fingerprint density at radius 2 is 2.43 bits per heavy atom. The molecule has 2 aromatic rings. The van der Waals surface area contributed by atoms with E-state index in [0.29, 0.717) is 23.7 Å². The van der Waals surface area contributed by atoms with E-state index in [4.69, 9.17) is 4.52 Å². The number of rotatable bonds is 3. The zero-order chi connectivity index (χ0) is 14.8. The van der Waals surface area contributed by atoms with E-state index < -0.39 is 0 Å². The summed E-state index contributed by atoms with van der Waals surface area (Å²) in [5, 5.41) is 7.11. The molecule has 3 rings (SSSR count). The third-order valence-corrected chi connectivity index (χ3v) is 4.93. The normalized spacial score (nSPS) is 19.0. The molecule has 1 saturated heterocycles. The second-order valence-corrected chi connectivity index (χ2v) is 6.30. The molecule has 6 heteroatoms. The van der Waals surface area contributed by atoms with Crippen LogP contribution in [-0.4, -0.2) is 34.0 Å². The molecule has 0 unspecified atom stereocenters. The summed E-state index contributed by atoms with van der Waals surface area (Å²) in [5.74, 6) is 1.02. The van der Waals surface area contributed by atoms with Gasteiger partial charge in [0.2, 0.25) is 0 Å². The predicted molar refractivity (Wildman–Crippen MR) is 80.6 cm³/mol. The maximum absolute atomic E-state index is 12.8. The van der Waals surface area contributed by atoms with Gasteiger partial charge in [0.05, 0.1) is 10.7 Å². The molecule has 0 saturated carbocycles. The summed E-state index contributed by atoms with van der Waals surface area (Å²) in [6, 6.07) is 0. The van der Waals surface area contributed by atoms with E-state index in [0.717, 1.165) is 36.6 Å². The number of likely N-dealkylation sites (tertiary alicyclic amines) is 1. The van der Waals surface area contributed by atoms with Crippen LogP contribution in [0.25, 0.3) is 0 Å². The number of carbonyl (C=O) groups is 1. The van der Waals surface area contributed by atoms with Crippen LogP contribution in [0.4, 0.5) is 0 Å². The maximum atomic E-state index is 12.8. The second kappa shape index (κ2) is 5.97. The van der Waals surface area contributed by atoms with Crippen molar-refractivity contribution in [3.8, 4) is 0 Å². The summed E-state index contributed by atoms with van der Waals surface area (Å²) in [4.78, 5) is 19.1. The molecule has 0 N–H and O–H groups in total. The Morgan fingerprint density at radius 1 is 1.57 bits per heavy atom. The van der Waals surface area contributed by atoms with Gasteiger partial charge in [0.25, 0.3) is 5.91 Å². The van der Waals surface area contributed by atoms with Gasteiger partial charge in [-0.3, -0.25) is 4.79 Å². The Hall–Kier alpha value is -1.69. The monoisotopic (exact) mass is 305 g/mol. The standard InChI is InChI=1S/C15H19N3O2S/c1-3-12-13(10(2)20-17-12)15(19)18-7-4-5-11(9-18)14-16-6-8-21-14/h6,8,11H,3-5,7,9H2,1-2H3/t11-/m1/s1. The molecule has 21 heavy (non-hydrogen) atoms. The first-order valence-electron chi connectivity index (χ1n) is 7.34. The number of thiazole rings is 1. The lowest BCUT2D eigenvalue weighted by Gasteiger charge is -2.31. The van der Waals surface area contributed by atoms with Crippen LogP contribution < -0.4 is 0 Å². The van der Waals surface area contributed by atoms with Gasteiger partial charge in [-0.15, -0.1) is 11.3 Å². The zero-order valence-corrected chi connectivity index (χ0v) is 13.2. The van der Waals surface area contributed by atoms with Crippen molar-refractivity contribution in [3.05, 3.63) is 33.6 Å². The van der Waals surface area contributed by atoms with Gasteiger partial charge in [-0.2, -0.15) is 0 Å². The summed E-state index contributed by atoms with van der Waals surface area (Å²) >= 11 is 1.67. The molecule has 0 bridgehead atoms. The molecule has 1 fully saturated rings. The number of aryl methyl sites for hydroxylation is 2. The van der Waals surface area contributed by atoms with Gasteiger partial charge < -0.3 is 9.42 Å². The van der Waals surface area contributed by atoms with Crippen molar-refractivity contribution in [2.45, 2.75) is 39.0 Å². The Labute approximate surface area is 128 Å². The van der Waals surface area contributed by atoms with Gasteiger partial charge in [0.1, 0.15) is 11.3 Å². The molecule has 2 aromatic heterocycles. The quantitative estimate of drug-likeness (QED) is 0.874. The Morgan fingerprint density at radius 3 is 3.14 bits per heavy atom. The van der Waals surface area contributed by atoms with E-state index in [2.05, 4.69) is 10.1 Å². The number of piperidine rings is 1. The minimum Gasteiger partial charge on any atom is -0.361 e. The third kappa shape index (κ3) is 2.72. The number of nitrogens with zero attached hydrogens (tertiary/aromatic N) is 3. The summed E-state index contributed by atoms with van der Waals surface area (Å²) < 4.78 is 5.19. The minimum absolute atomic E-state index is 0.0480. The SMILES string of the molecule is CCc1noc(C)c1C(=O)N1CCC[C@@H](c2nccs2)C1. The van der Waals surface area contributed by atoms with Crippen molar-refractivity contribution in [2.75, 3.05) is 13.1 Å². The smallest absolute Gasteiger partial charge is 0.259 e. The van der Waals surface area contributed by atoms with Gasteiger partial charge in [0, 0.05) is 30.6 Å². The molecular formula is C15H19N3O2S. The van der Waals surface area contributed by atoms with Crippen molar-refractivity contribution in [1.82, 2.24) is 15.0 Å². The zero-order valence-electron chi connectivity index (χ0n) is 12.3. The maximum Gasteiger partial charge on any atom is 0.259 e. The second-order valence-electron chi connectivity index (χ2n) is 5.37. The fourth-order valence-electron chi connectivity index (χ4n) is 2.89. The van der Waals surface area contributed by atoms with Crippen LogP contribution in [0.15, 0.2) is 16.1 Å². The van der Waals surface area contributed by atoms with Gasteiger partial charge in [-0.1, -0.05) is 12.1 Å². The first-order valence-corrected chi connectivity index (χ1v) is 8.22. The number of aromatic nitrogens is 2. The molecule has 1 amide bonds. The average molecular weight is 305 g/mol. The van der Waals surface area contributed by atoms with Crippen molar-refractivity contribution < 1.29 is 9.32 Å². The topological polar surface area (TPSA) is 59.2 Å². The molecule has 0 radical (unpaired) electrons. The molecule has 3 heterocycles. The molecule has 112 valence electrons. The molecule has 0 spiro atoms. The lowest BCUT2D eigenvalue weighted by molar-refractivity contribution is 0.0704. The summed E-state index contributed by atoms with van der Waals surface area (Å²) in [7, 11) is 0. The van der Waals surface area contributed by atoms with Crippen LogP contribution >= 0.6 is 11.3 Å². The van der Waals surface area contributed by atoms with Gasteiger partial charge in [-0.05, 0) is 26.2 Å². The van der Waals surface area contributed by atoms with Crippen LogP contribution in [0.5, 0.6) is 0 Å². The highest BCUT2D eigenvalue weighted by Crippen LogP contribution is 2.29.